The van der Waals surface area contributed by atoms with Gasteiger partial charge in [0.25, 0.3) is 5.91 Å². The van der Waals surface area contributed by atoms with Crippen LogP contribution in [0.1, 0.15) is 46.7 Å². The third kappa shape index (κ3) is 7.15. The number of benzene rings is 2. The van der Waals surface area contributed by atoms with Crippen LogP contribution in [0, 0.1) is 12.8 Å². The number of hydrogen-bond acceptors (Lipinski definition) is 4. The molecule has 0 spiro atoms. The van der Waals surface area contributed by atoms with Gasteiger partial charge in [0.2, 0.25) is 0 Å². The van der Waals surface area contributed by atoms with Gasteiger partial charge in [0.05, 0.1) is 16.6 Å². The molecule has 1 atom stereocenters. The molecule has 0 radical (unpaired) electrons. The number of carbonyl (C=O) groups is 1. The van der Waals surface area contributed by atoms with Gasteiger partial charge < -0.3 is 14.6 Å². The topological polar surface area (TPSA) is 62.6 Å². The zero-order valence-corrected chi connectivity index (χ0v) is 20.7. The van der Waals surface area contributed by atoms with Crippen molar-refractivity contribution in [1.29, 1.82) is 0 Å². The van der Waals surface area contributed by atoms with Gasteiger partial charge >= 0.3 is 0 Å². The van der Waals surface area contributed by atoms with Gasteiger partial charge in [0.15, 0.2) is 5.76 Å². The molecular weight excluding hydrogens is 444 g/mol. The molecule has 2 heterocycles. The quantitative estimate of drug-likeness (QED) is 0.418. The minimum Gasteiger partial charge on any atom is -0.455 e. The maximum Gasteiger partial charge on any atom is 0.286 e. The summed E-state index contributed by atoms with van der Waals surface area (Å²) >= 11 is 0. The SMILES string of the molecule is Cc1cccc([S@](=O)Cc2ccc(C(=O)NCCCN3CCC(Cc4ccccc4)CC3)o2)c1. The van der Waals surface area contributed by atoms with Gasteiger partial charge in [-0.05, 0) is 93.6 Å². The average Bonchev–Trinajstić information content (AvgIpc) is 3.32. The largest absolute Gasteiger partial charge is 0.455 e. The summed E-state index contributed by atoms with van der Waals surface area (Å²) in [6, 6.07) is 21.8. The van der Waals surface area contributed by atoms with Gasteiger partial charge in [-0.1, -0.05) is 42.5 Å². The summed E-state index contributed by atoms with van der Waals surface area (Å²) in [5.41, 5.74) is 2.51. The van der Waals surface area contributed by atoms with E-state index in [1.165, 1.54) is 24.8 Å². The molecule has 5 nitrogen and oxygen atoms in total. The second kappa shape index (κ2) is 12.1. The van der Waals surface area contributed by atoms with Gasteiger partial charge in [0, 0.05) is 11.4 Å². The van der Waals surface area contributed by atoms with Crippen molar-refractivity contribution in [2.45, 2.75) is 43.3 Å². The van der Waals surface area contributed by atoms with E-state index in [-0.39, 0.29) is 17.4 Å². The third-order valence-electron chi connectivity index (χ3n) is 6.42. The van der Waals surface area contributed by atoms with E-state index < -0.39 is 10.8 Å². The molecule has 0 aliphatic carbocycles. The van der Waals surface area contributed by atoms with E-state index >= 15 is 0 Å². The first-order valence-corrected chi connectivity index (χ1v) is 13.5. The van der Waals surface area contributed by atoms with E-state index in [0.29, 0.717) is 12.3 Å². The van der Waals surface area contributed by atoms with Crippen LogP contribution in [0.5, 0.6) is 0 Å². The number of amides is 1. The van der Waals surface area contributed by atoms with Gasteiger partial charge in [0.1, 0.15) is 5.76 Å². The van der Waals surface area contributed by atoms with Gasteiger partial charge in [-0.3, -0.25) is 9.00 Å². The summed E-state index contributed by atoms with van der Waals surface area (Å²) in [5.74, 6) is 1.65. The number of furan rings is 1. The van der Waals surface area contributed by atoms with Gasteiger partial charge in [-0.2, -0.15) is 0 Å². The fraction of sp³-hybridized carbons (Fsp3) is 0.393. The lowest BCUT2D eigenvalue weighted by Gasteiger charge is -2.32. The van der Waals surface area contributed by atoms with Crippen LogP contribution in [-0.2, 0) is 23.0 Å². The number of piperidine rings is 1. The zero-order valence-electron chi connectivity index (χ0n) is 19.9. The van der Waals surface area contributed by atoms with Crippen LogP contribution in [0.4, 0.5) is 0 Å². The van der Waals surface area contributed by atoms with Crippen molar-refractivity contribution in [3.05, 3.63) is 89.4 Å². The summed E-state index contributed by atoms with van der Waals surface area (Å²) in [6.07, 6.45) is 4.56. The van der Waals surface area contributed by atoms with Crippen LogP contribution in [0.2, 0.25) is 0 Å². The Labute approximate surface area is 205 Å². The number of rotatable bonds is 10. The van der Waals surface area contributed by atoms with Crippen molar-refractivity contribution in [3.8, 4) is 0 Å². The standard InChI is InChI=1S/C28H34N2O3S/c1-22-7-5-10-26(19-22)34(32)21-25-11-12-27(33-25)28(31)29-15-6-16-30-17-13-24(14-18-30)20-23-8-3-2-4-9-23/h2-5,7-12,19,24H,6,13-18,20-21H2,1H3,(H,29,31)/t34-/m1/s1. The predicted molar refractivity (Wildman–Crippen MR) is 136 cm³/mol. The Hall–Kier alpha value is -2.70. The molecule has 1 aromatic heterocycles. The summed E-state index contributed by atoms with van der Waals surface area (Å²) in [7, 11) is -1.20. The Bertz CT molecular complexity index is 1090. The second-order valence-electron chi connectivity index (χ2n) is 9.16. The van der Waals surface area contributed by atoms with Crippen molar-refractivity contribution in [1.82, 2.24) is 10.2 Å². The molecule has 1 N–H and O–H groups in total. The molecule has 0 unspecified atom stereocenters. The van der Waals surface area contributed by atoms with Crippen molar-refractivity contribution in [3.63, 3.8) is 0 Å². The minimum absolute atomic E-state index is 0.214. The highest BCUT2D eigenvalue weighted by atomic mass is 32.2. The first-order valence-electron chi connectivity index (χ1n) is 12.1. The fourth-order valence-corrected chi connectivity index (χ4v) is 5.63. The monoisotopic (exact) mass is 478 g/mol. The summed E-state index contributed by atoms with van der Waals surface area (Å²) in [4.78, 5) is 15.7. The predicted octanol–water partition coefficient (Wildman–Crippen LogP) is 4.97. The molecule has 4 rings (SSSR count). The van der Waals surface area contributed by atoms with Crippen molar-refractivity contribution in [2.24, 2.45) is 5.92 Å². The van der Waals surface area contributed by atoms with E-state index in [2.05, 4.69) is 40.5 Å². The van der Waals surface area contributed by atoms with Crippen LogP contribution < -0.4 is 5.32 Å². The van der Waals surface area contributed by atoms with E-state index in [0.717, 1.165) is 42.4 Å². The Balaban J connectivity index is 1.13. The lowest BCUT2D eigenvalue weighted by molar-refractivity contribution is 0.0921. The third-order valence-corrected chi connectivity index (χ3v) is 7.75. The number of nitrogens with one attached hydrogen (secondary N) is 1. The van der Waals surface area contributed by atoms with Crippen LogP contribution in [0.3, 0.4) is 0 Å². The molecule has 180 valence electrons. The van der Waals surface area contributed by atoms with Crippen molar-refractivity contribution >= 4 is 16.7 Å². The molecule has 1 aliphatic heterocycles. The number of aryl methyl sites for hydroxylation is 1. The molecule has 0 saturated carbocycles. The van der Waals surface area contributed by atoms with E-state index in [4.69, 9.17) is 4.42 Å². The highest BCUT2D eigenvalue weighted by Gasteiger charge is 2.19. The molecular formula is C28H34N2O3S. The maximum atomic E-state index is 12.6. The highest BCUT2D eigenvalue weighted by molar-refractivity contribution is 7.84. The van der Waals surface area contributed by atoms with Gasteiger partial charge in [-0.15, -0.1) is 0 Å². The van der Waals surface area contributed by atoms with Crippen LogP contribution in [0.15, 0.2) is 76.0 Å². The fourth-order valence-electron chi connectivity index (χ4n) is 4.50. The molecule has 2 aromatic carbocycles. The Morgan fingerprint density at radius 2 is 1.85 bits per heavy atom. The molecule has 3 aromatic rings. The first-order chi connectivity index (χ1) is 16.6. The molecule has 1 aliphatic rings. The summed E-state index contributed by atoms with van der Waals surface area (Å²) < 4.78 is 18.2. The Morgan fingerprint density at radius 3 is 2.62 bits per heavy atom. The van der Waals surface area contributed by atoms with Crippen LogP contribution in [-0.4, -0.2) is 41.2 Å². The second-order valence-corrected chi connectivity index (χ2v) is 10.6. The van der Waals surface area contributed by atoms with Crippen molar-refractivity contribution < 1.29 is 13.4 Å². The van der Waals surface area contributed by atoms with E-state index in [1.54, 1.807) is 12.1 Å². The lowest BCUT2D eigenvalue weighted by Crippen LogP contribution is -2.36. The molecule has 1 amide bonds. The molecule has 34 heavy (non-hydrogen) atoms. The highest BCUT2D eigenvalue weighted by Crippen LogP contribution is 2.21. The molecule has 6 heteroatoms. The Kier molecular flexibility index (Phi) is 8.72. The normalized spacial score (nSPS) is 15.8. The average molecular weight is 479 g/mol. The Morgan fingerprint density at radius 1 is 1.06 bits per heavy atom. The number of nitrogens with zero attached hydrogens (tertiary/aromatic N) is 1. The molecule has 1 saturated heterocycles. The first kappa shape index (κ1) is 24.4. The van der Waals surface area contributed by atoms with Crippen molar-refractivity contribution in [2.75, 3.05) is 26.2 Å². The summed E-state index contributed by atoms with van der Waals surface area (Å²) in [6.45, 7) is 5.85. The minimum atomic E-state index is -1.20. The zero-order chi connectivity index (χ0) is 23.8. The molecule has 1 fully saturated rings. The number of likely N-dealkylation sites (tertiary alicyclic amines) is 1. The van der Waals surface area contributed by atoms with Gasteiger partial charge in [-0.25, -0.2) is 0 Å². The van der Waals surface area contributed by atoms with E-state index in [1.807, 2.05) is 31.2 Å². The molecule has 0 bridgehead atoms. The number of hydrogen-bond donors (Lipinski definition) is 1. The smallest absolute Gasteiger partial charge is 0.286 e. The van der Waals surface area contributed by atoms with E-state index in [9.17, 15) is 9.00 Å². The number of carbonyl (C=O) groups excluding carboxylic acids is 1. The maximum absolute atomic E-state index is 12.6. The van der Waals surface area contributed by atoms with Crippen LogP contribution >= 0.6 is 0 Å². The summed E-state index contributed by atoms with van der Waals surface area (Å²) in [5, 5.41) is 2.95. The lowest BCUT2D eigenvalue weighted by atomic mass is 9.90. The van der Waals surface area contributed by atoms with Crippen LogP contribution in [0.25, 0.3) is 0 Å².